The summed E-state index contributed by atoms with van der Waals surface area (Å²) in [6.07, 6.45) is 2.05. The maximum Gasteiger partial charge on any atom is 0.321 e. The molecule has 6 rings (SSSR count). The van der Waals surface area contributed by atoms with Crippen molar-refractivity contribution in [1.82, 2.24) is 30.2 Å². The fourth-order valence-electron chi connectivity index (χ4n) is 4.39. The van der Waals surface area contributed by atoms with E-state index in [0.29, 0.717) is 11.3 Å². The molecular weight excluding hydrogens is 419 g/mol. The Morgan fingerprint density at radius 1 is 1.23 bits per heavy atom. The Labute approximate surface area is 179 Å². The summed E-state index contributed by atoms with van der Waals surface area (Å²) in [6.45, 7) is 2.12. The predicted octanol–water partition coefficient (Wildman–Crippen LogP) is 2.98. The zero-order chi connectivity index (χ0) is 21.3. The number of urea groups is 1. The van der Waals surface area contributed by atoms with Crippen molar-refractivity contribution in [2.75, 3.05) is 6.54 Å². The number of halogens is 1. The van der Waals surface area contributed by atoms with Gasteiger partial charge >= 0.3 is 6.03 Å². The average Bonchev–Trinajstić information content (AvgIpc) is 3.32. The van der Waals surface area contributed by atoms with Gasteiger partial charge in [-0.15, -0.1) is 11.3 Å². The molecule has 1 aliphatic carbocycles. The third kappa shape index (κ3) is 2.97. The molecule has 0 bridgehead atoms. The molecule has 1 saturated carbocycles. The van der Waals surface area contributed by atoms with E-state index < -0.39 is 23.8 Å². The van der Waals surface area contributed by atoms with Crippen LogP contribution in [0.25, 0.3) is 15.9 Å². The van der Waals surface area contributed by atoms with Crippen molar-refractivity contribution >= 4 is 39.1 Å². The van der Waals surface area contributed by atoms with Gasteiger partial charge in [0, 0.05) is 12.1 Å². The van der Waals surface area contributed by atoms with E-state index in [0.717, 1.165) is 37.9 Å². The number of fused-ring (bicyclic) bond motifs is 2. The highest BCUT2D eigenvalue weighted by Gasteiger charge is 2.42. The van der Waals surface area contributed by atoms with E-state index in [4.69, 9.17) is 0 Å². The highest BCUT2D eigenvalue weighted by atomic mass is 32.1. The summed E-state index contributed by atoms with van der Waals surface area (Å²) in [5.41, 5.74) is 3.95. The molecule has 2 N–H and O–H groups in total. The van der Waals surface area contributed by atoms with Gasteiger partial charge in [-0.3, -0.25) is 10.1 Å². The Kier molecular flexibility index (Phi) is 3.88. The molecule has 1 aromatic carbocycles. The van der Waals surface area contributed by atoms with Gasteiger partial charge in [0.1, 0.15) is 0 Å². The number of amides is 3. The van der Waals surface area contributed by atoms with E-state index in [1.165, 1.54) is 5.56 Å². The monoisotopic (exact) mass is 436 g/mol. The average molecular weight is 436 g/mol. The zero-order valence-electron chi connectivity index (χ0n) is 16.4. The molecule has 1 saturated heterocycles. The topological polar surface area (TPSA) is 101 Å². The first kappa shape index (κ1) is 18.4. The molecule has 10 heteroatoms. The summed E-state index contributed by atoms with van der Waals surface area (Å²) in [5.74, 6) is -1.28. The van der Waals surface area contributed by atoms with E-state index in [9.17, 15) is 14.0 Å². The number of aromatic nitrogens is 4. The van der Waals surface area contributed by atoms with E-state index in [1.807, 2.05) is 19.1 Å². The Bertz CT molecular complexity index is 1400. The molecule has 1 aliphatic heterocycles. The fourth-order valence-corrected chi connectivity index (χ4v) is 5.27. The van der Waals surface area contributed by atoms with Crippen LogP contribution in [0, 0.1) is 12.9 Å². The summed E-state index contributed by atoms with van der Waals surface area (Å²) < 4.78 is 16.7. The van der Waals surface area contributed by atoms with Crippen LogP contribution in [0.1, 0.15) is 46.0 Å². The lowest BCUT2D eigenvalue weighted by Gasteiger charge is -2.22. The maximum absolute atomic E-state index is 14.4. The first-order valence-electron chi connectivity index (χ1n) is 9.98. The molecule has 156 valence electrons. The molecule has 31 heavy (non-hydrogen) atoms. The van der Waals surface area contributed by atoms with Gasteiger partial charge < -0.3 is 5.32 Å². The zero-order valence-corrected chi connectivity index (χ0v) is 17.2. The highest BCUT2D eigenvalue weighted by Crippen LogP contribution is 2.56. The molecule has 3 atom stereocenters. The van der Waals surface area contributed by atoms with Crippen LogP contribution in [-0.2, 0) is 4.79 Å². The maximum atomic E-state index is 14.4. The van der Waals surface area contributed by atoms with Gasteiger partial charge in [0.15, 0.2) is 5.65 Å². The summed E-state index contributed by atoms with van der Waals surface area (Å²) >= 11 is 1.67. The second kappa shape index (κ2) is 6.55. The number of imidazole rings is 1. The van der Waals surface area contributed by atoms with Crippen molar-refractivity contribution in [3.8, 4) is 0 Å². The molecule has 3 amide bonds. The van der Waals surface area contributed by atoms with E-state index in [1.54, 1.807) is 11.3 Å². The number of nitrogens with one attached hydrogen (secondary N) is 2. The number of carbonyl (C=O) groups excluding carboxylic acids is 2. The van der Waals surface area contributed by atoms with Crippen LogP contribution in [0.2, 0.25) is 0 Å². The summed E-state index contributed by atoms with van der Waals surface area (Å²) in [7, 11) is 0. The van der Waals surface area contributed by atoms with Crippen molar-refractivity contribution in [2.24, 2.45) is 0 Å². The van der Waals surface area contributed by atoms with Crippen LogP contribution in [0.3, 0.4) is 0 Å². The lowest BCUT2D eigenvalue weighted by atomic mass is 9.99. The van der Waals surface area contributed by atoms with Crippen LogP contribution >= 0.6 is 11.3 Å². The molecule has 1 unspecified atom stereocenters. The number of aryl methyl sites for hydroxylation is 1. The number of carbonyl (C=O) groups is 2. The van der Waals surface area contributed by atoms with Crippen LogP contribution in [-0.4, -0.2) is 38.1 Å². The number of thiazole rings is 1. The smallest absolute Gasteiger partial charge is 0.321 e. The van der Waals surface area contributed by atoms with Gasteiger partial charge in [-0.25, -0.2) is 14.8 Å². The first-order valence-corrected chi connectivity index (χ1v) is 10.8. The van der Waals surface area contributed by atoms with Crippen molar-refractivity contribution in [3.05, 3.63) is 58.2 Å². The van der Waals surface area contributed by atoms with Gasteiger partial charge in [0.2, 0.25) is 11.9 Å². The van der Waals surface area contributed by atoms with Crippen molar-refractivity contribution in [2.45, 2.75) is 31.1 Å². The molecule has 3 aromatic heterocycles. The molecule has 2 aliphatic rings. The lowest BCUT2D eigenvalue weighted by Crippen LogP contribution is -2.51. The number of hydrogen-bond donors (Lipinski definition) is 2. The molecule has 0 radical (unpaired) electrons. The van der Waals surface area contributed by atoms with Crippen LogP contribution in [0.5, 0.6) is 0 Å². The van der Waals surface area contributed by atoms with Gasteiger partial charge in [0.25, 0.3) is 0 Å². The molecule has 4 aromatic rings. The molecule has 2 fully saturated rings. The minimum atomic E-state index is -0.684. The summed E-state index contributed by atoms with van der Waals surface area (Å²) in [5, 5.41) is 10.2. The lowest BCUT2D eigenvalue weighted by molar-refractivity contribution is -0.122. The van der Waals surface area contributed by atoms with E-state index in [2.05, 4.69) is 37.8 Å². The third-order valence-electron chi connectivity index (χ3n) is 5.99. The van der Waals surface area contributed by atoms with Gasteiger partial charge in [-0.2, -0.15) is 14.0 Å². The third-order valence-corrected chi connectivity index (χ3v) is 6.92. The number of rotatable bonds is 3. The SMILES string of the molecule is Cc1nc2ccc([C@H]3C[C@@H]3c3cc(C4CNC(=O)NC4=O)nn4c(F)cnc34)cc2s1. The van der Waals surface area contributed by atoms with Gasteiger partial charge in [0.05, 0.1) is 33.0 Å². The van der Waals surface area contributed by atoms with Gasteiger partial charge in [-0.1, -0.05) is 6.07 Å². The summed E-state index contributed by atoms with van der Waals surface area (Å²) in [4.78, 5) is 32.5. The Morgan fingerprint density at radius 3 is 2.94 bits per heavy atom. The first-order chi connectivity index (χ1) is 15.0. The fraction of sp³-hybridized carbons (Fsp3) is 0.286. The normalized spacial score (nSPS) is 23.2. The highest BCUT2D eigenvalue weighted by molar-refractivity contribution is 7.18. The van der Waals surface area contributed by atoms with Crippen molar-refractivity contribution in [3.63, 3.8) is 0 Å². The molecule has 8 nitrogen and oxygen atoms in total. The minimum Gasteiger partial charge on any atom is -0.337 e. The molecular formula is C21H17FN6O2S. The second-order valence-corrected chi connectivity index (χ2v) is 9.24. The molecule has 4 heterocycles. The van der Waals surface area contributed by atoms with E-state index >= 15 is 0 Å². The number of imide groups is 1. The largest absolute Gasteiger partial charge is 0.337 e. The van der Waals surface area contributed by atoms with Crippen molar-refractivity contribution < 1.29 is 14.0 Å². The molecule has 0 spiro atoms. The Balaban J connectivity index is 1.39. The Hall–Kier alpha value is -3.40. The quantitative estimate of drug-likeness (QED) is 0.514. The predicted molar refractivity (Wildman–Crippen MR) is 112 cm³/mol. The van der Waals surface area contributed by atoms with Crippen molar-refractivity contribution in [1.29, 1.82) is 0 Å². The van der Waals surface area contributed by atoms with Crippen LogP contribution in [0.15, 0.2) is 30.5 Å². The number of benzene rings is 1. The summed E-state index contributed by atoms with van der Waals surface area (Å²) in [6, 6.07) is 7.62. The second-order valence-electron chi connectivity index (χ2n) is 8.00. The number of nitrogens with zero attached hydrogens (tertiary/aromatic N) is 4. The van der Waals surface area contributed by atoms with E-state index in [-0.39, 0.29) is 18.4 Å². The number of hydrogen-bond acceptors (Lipinski definition) is 6. The minimum absolute atomic E-state index is 0.119. The standard InChI is InChI=1S/C21H17FN6O2S/c1-9-25-15-3-2-10(4-17(15)31-9)11-5-12(11)13-6-16(14-7-24-21(30)26-20(14)29)27-28-18(22)8-23-19(13)28/h2-4,6,8,11-12,14H,5,7H2,1H3,(H2,24,26,29,30)/t11-,12+,14?/m1/s1. The Morgan fingerprint density at radius 2 is 2.10 bits per heavy atom. The van der Waals surface area contributed by atoms with Crippen LogP contribution < -0.4 is 10.6 Å². The van der Waals surface area contributed by atoms with Gasteiger partial charge in [-0.05, 0) is 48.9 Å². The van der Waals surface area contributed by atoms with Crippen LogP contribution in [0.4, 0.5) is 9.18 Å².